The Hall–Kier alpha value is -1.69. The van der Waals surface area contributed by atoms with Crippen LogP contribution in [0.15, 0.2) is 46.9 Å². The fraction of sp³-hybridized carbons (Fsp3) is 0.231. The highest BCUT2D eigenvalue weighted by Gasteiger charge is 2.12. The number of hydrogen-bond donors (Lipinski definition) is 0. The zero-order valence-electron chi connectivity index (χ0n) is 10.1. The number of thioether (sulfide) groups is 1. The monoisotopic (exact) mass is 282 g/mol. The number of halogens is 2. The molecule has 1 aromatic carbocycles. The molecule has 1 heterocycles. The van der Waals surface area contributed by atoms with Crippen LogP contribution in [0.1, 0.15) is 0 Å². The Morgan fingerprint density at radius 3 is 2.84 bits per heavy atom. The molecule has 0 unspecified atom stereocenters. The topological polar surface area (TPSA) is 34.9 Å². The van der Waals surface area contributed by atoms with Crippen molar-refractivity contribution in [3.8, 4) is 0 Å². The molecule has 2 aromatic rings. The normalized spacial score (nSPS) is 11.1. The maximum atomic E-state index is 12.3. The van der Waals surface area contributed by atoms with Crippen molar-refractivity contribution in [2.24, 2.45) is 0 Å². The minimum Gasteiger partial charge on any atom is -0.283 e. The minimum absolute atomic E-state index is 0.234. The van der Waals surface area contributed by atoms with Gasteiger partial charge in [0.15, 0.2) is 5.16 Å². The molecule has 6 heteroatoms. The first kappa shape index (κ1) is 13.7. The zero-order chi connectivity index (χ0) is 13.8. The summed E-state index contributed by atoms with van der Waals surface area (Å²) in [7, 11) is 0. The van der Waals surface area contributed by atoms with Gasteiger partial charge in [0.25, 0.3) is 5.56 Å². The van der Waals surface area contributed by atoms with E-state index in [1.165, 1.54) is 4.57 Å². The van der Waals surface area contributed by atoms with Gasteiger partial charge >= 0.3 is 0 Å². The summed E-state index contributed by atoms with van der Waals surface area (Å²) in [6.45, 7) is 3.82. The van der Waals surface area contributed by atoms with Crippen LogP contribution in [0, 0.1) is 0 Å². The first-order valence-electron chi connectivity index (χ1n) is 5.65. The molecule has 0 saturated heterocycles. The lowest BCUT2D eigenvalue weighted by atomic mass is 10.2. The number of aromatic nitrogens is 2. The van der Waals surface area contributed by atoms with Gasteiger partial charge in [-0.25, -0.2) is 13.8 Å². The number of benzene rings is 1. The highest BCUT2D eigenvalue weighted by Crippen LogP contribution is 2.19. The molecule has 0 fully saturated rings. The first-order chi connectivity index (χ1) is 9.13. The number of para-hydroxylation sites is 1. The Labute approximate surface area is 113 Å². The zero-order valence-corrected chi connectivity index (χ0v) is 10.9. The molecule has 0 bridgehead atoms. The van der Waals surface area contributed by atoms with E-state index in [2.05, 4.69) is 11.6 Å². The van der Waals surface area contributed by atoms with Crippen LogP contribution in [-0.2, 0) is 6.54 Å². The van der Waals surface area contributed by atoms with Gasteiger partial charge in [0, 0.05) is 6.54 Å². The fourth-order valence-electron chi connectivity index (χ4n) is 1.69. The average Bonchev–Trinajstić information content (AvgIpc) is 2.40. The highest BCUT2D eigenvalue weighted by molar-refractivity contribution is 7.99. The van der Waals surface area contributed by atoms with E-state index < -0.39 is 6.43 Å². The van der Waals surface area contributed by atoms with Crippen molar-refractivity contribution in [2.45, 2.75) is 18.1 Å². The second kappa shape index (κ2) is 5.97. The predicted molar refractivity (Wildman–Crippen MR) is 72.9 cm³/mol. The third-order valence-electron chi connectivity index (χ3n) is 2.48. The third kappa shape index (κ3) is 3.01. The molecule has 100 valence electrons. The van der Waals surface area contributed by atoms with E-state index in [0.717, 1.165) is 11.8 Å². The largest absolute Gasteiger partial charge is 0.283 e. The van der Waals surface area contributed by atoms with Gasteiger partial charge < -0.3 is 0 Å². The van der Waals surface area contributed by atoms with Crippen LogP contribution in [0.25, 0.3) is 10.9 Å². The van der Waals surface area contributed by atoms with Crippen LogP contribution in [0.2, 0.25) is 0 Å². The summed E-state index contributed by atoms with van der Waals surface area (Å²) >= 11 is 0.878. The number of fused-ring (bicyclic) bond motifs is 1. The summed E-state index contributed by atoms with van der Waals surface area (Å²) in [5, 5.41) is 0.773. The quantitative estimate of drug-likeness (QED) is 0.480. The summed E-state index contributed by atoms with van der Waals surface area (Å²) in [6, 6.07) is 6.87. The van der Waals surface area contributed by atoms with Crippen molar-refractivity contribution in [2.75, 3.05) is 5.75 Å². The molecule has 0 aliphatic rings. The molecule has 0 amide bonds. The van der Waals surface area contributed by atoms with E-state index in [4.69, 9.17) is 0 Å². The van der Waals surface area contributed by atoms with Gasteiger partial charge in [0.2, 0.25) is 6.43 Å². The van der Waals surface area contributed by atoms with Crippen LogP contribution < -0.4 is 5.56 Å². The number of allylic oxidation sites excluding steroid dienone is 1. The van der Waals surface area contributed by atoms with E-state index in [0.29, 0.717) is 16.1 Å². The maximum absolute atomic E-state index is 12.3. The SMILES string of the molecule is C=CCn1c(SCC(F)F)nc2ccccc2c1=O. The Kier molecular flexibility index (Phi) is 4.31. The molecule has 3 nitrogen and oxygen atoms in total. The van der Waals surface area contributed by atoms with Gasteiger partial charge in [-0.15, -0.1) is 6.58 Å². The summed E-state index contributed by atoms with van der Waals surface area (Å²) in [6.07, 6.45) is -0.893. The Morgan fingerprint density at radius 1 is 1.42 bits per heavy atom. The summed E-state index contributed by atoms with van der Waals surface area (Å²) < 4.78 is 26.0. The Balaban J connectivity index is 2.56. The summed E-state index contributed by atoms with van der Waals surface area (Å²) in [5.74, 6) is -0.387. The van der Waals surface area contributed by atoms with Crippen molar-refractivity contribution < 1.29 is 8.78 Å². The number of hydrogen-bond acceptors (Lipinski definition) is 3. The van der Waals surface area contributed by atoms with Crippen molar-refractivity contribution >= 4 is 22.7 Å². The molecule has 0 saturated carbocycles. The number of rotatable bonds is 5. The Bertz CT molecular complexity index is 655. The van der Waals surface area contributed by atoms with Crippen LogP contribution in [0.3, 0.4) is 0 Å². The molecule has 1 aromatic heterocycles. The van der Waals surface area contributed by atoms with E-state index in [9.17, 15) is 13.6 Å². The van der Waals surface area contributed by atoms with Crippen molar-refractivity contribution in [1.82, 2.24) is 9.55 Å². The first-order valence-corrected chi connectivity index (χ1v) is 6.63. The van der Waals surface area contributed by atoms with Crippen LogP contribution >= 0.6 is 11.8 Å². The van der Waals surface area contributed by atoms with Gasteiger partial charge in [-0.05, 0) is 12.1 Å². The van der Waals surface area contributed by atoms with Gasteiger partial charge in [-0.2, -0.15) is 0 Å². The molecule has 0 radical (unpaired) electrons. The van der Waals surface area contributed by atoms with E-state index in [1.54, 1.807) is 30.3 Å². The van der Waals surface area contributed by atoms with Crippen molar-refractivity contribution in [1.29, 1.82) is 0 Å². The third-order valence-corrected chi connectivity index (χ3v) is 3.47. The summed E-state index contributed by atoms with van der Waals surface area (Å²) in [5.41, 5.74) is 0.284. The molecule has 0 spiro atoms. The standard InChI is InChI=1S/C13H12F2N2OS/c1-2-7-17-12(18)9-5-3-4-6-10(9)16-13(17)19-8-11(14)15/h2-6,11H,1,7-8H2. The smallest absolute Gasteiger partial charge is 0.262 e. The van der Waals surface area contributed by atoms with Gasteiger partial charge in [-0.3, -0.25) is 9.36 Å². The van der Waals surface area contributed by atoms with Crippen LogP contribution in [0.5, 0.6) is 0 Å². The van der Waals surface area contributed by atoms with Gasteiger partial charge in [0.1, 0.15) is 0 Å². The minimum atomic E-state index is -2.44. The van der Waals surface area contributed by atoms with Gasteiger partial charge in [-0.1, -0.05) is 30.0 Å². The molecule has 0 aliphatic carbocycles. The molecule has 0 aliphatic heterocycles. The second-order valence-corrected chi connectivity index (χ2v) is 4.81. The number of alkyl halides is 2. The lowest BCUT2D eigenvalue weighted by Crippen LogP contribution is -2.23. The molecule has 0 atom stereocenters. The van der Waals surface area contributed by atoms with E-state index in [1.807, 2.05) is 0 Å². The van der Waals surface area contributed by atoms with Crippen LogP contribution in [0.4, 0.5) is 8.78 Å². The molecule has 2 rings (SSSR count). The molecular formula is C13H12F2N2OS. The Morgan fingerprint density at radius 2 is 2.16 bits per heavy atom. The lowest BCUT2D eigenvalue weighted by molar-refractivity contribution is 0.176. The van der Waals surface area contributed by atoms with E-state index >= 15 is 0 Å². The fourth-order valence-corrected chi connectivity index (χ4v) is 2.44. The molecule has 19 heavy (non-hydrogen) atoms. The second-order valence-electron chi connectivity index (χ2n) is 3.82. The molecule has 0 N–H and O–H groups in total. The van der Waals surface area contributed by atoms with E-state index in [-0.39, 0.29) is 17.9 Å². The van der Waals surface area contributed by atoms with Gasteiger partial charge in [0.05, 0.1) is 16.7 Å². The summed E-state index contributed by atoms with van der Waals surface area (Å²) in [4.78, 5) is 16.5. The lowest BCUT2D eigenvalue weighted by Gasteiger charge is -2.10. The average molecular weight is 282 g/mol. The van der Waals surface area contributed by atoms with Crippen molar-refractivity contribution in [3.05, 3.63) is 47.3 Å². The number of nitrogens with zero attached hydrogens (tertiary/aromatic N) is 2. The molecular weight excluding hydrogens is 270 g/mol. The van der Waals surface area contributed by atoms with Crippen molar-refractivity contribution in [3.63, 3.8) is 0 Å². The van der Waals surface area contributed by atoms with Crippen LogP contribution in [-0.4, -0.2) is 21.7 Å². The predicted octanol–water partition coefficient (Wildman–Crippen LogP) is 2.94. The maximum Gasteiger partial charge on any atom is 0.262 e. The highest BCUT2D eigenvalue weighted by atomic mass is 32.2.